The van der Waals surface area contributed by atoms with Crippen molar-refractivity contribution in [3.05, 3.63) is 78.2 Å². The van der Waals surface area contributed by atoms with Gasteiger partial charge in [-0.1, -0.05) is 24.3 Å². The van der Waals surface area contributed by atoms with Gasteiger partial charge in [0, 0.05) is 19.0 Å². The molecule has 7 heteroatoms. The van der Waals surface area contributed by atoms with Gasteiger partial charge >= 0.3 is 0 Å². The maximum atomic E-state index is 13.4. The Balaban J connectivity index is 1.67. The van der Waals surface area contributed by atoms with Gasteiger partial charge in [-0.25, -0.2) is 17.8 Å². The van der Waals surface area contributed by atoms with Crippen LogP contribution in [0.4, 0.5) is 10.2 Å². The third-order valence-electron chi connectivity index (χ3n) is 5.49. The summed E-state index contributed by atoms with van der Waals surface area (Å²) in [5, 5.41) is 10.2. The number of pyridine rings is 1. The Labute approximate surface area is 175 Å². The first-order chi connectivity index (χ1) is 14.3. The summed E-state index contributed by atoms with van der Waals surface area (Å²) >= 11 is 0. The second kappa shape index (κ2) is 8.16. The lowest BCUT2D eigenvalue weighted by Gasteiger charge is -2.39. The van der Waals surface area contributed by atoms with Crippen LogP contribution < -0.4 is 4.90 Å². The molecule has 2 aromatic carbocycles. The van der Waals surface area contributed by atoms with E-state index in [-0.39, 0.29) is 16.8 Å². The van der Waals surface area contributed by atoms with Crippen molar-refractivity contribution in [2.75, 3.05) is 17.7 Å². The van der Waals surface area contributed by atoms with Crippen molar-refractivity contribution in [1.29, 1.82) is 0 Å². The van der Waals surface area contributed by atoms with E-state index in [1.807, 2.05) is 12.1 Å². The highest BCUT2D eigenvalue weighted by atomic mass is 32.2. The minimum Gasteiger partial charge on any atom is -0.393 e. The van der Waals surface area contributed by atoms with E-state index in [0.717, 1.165) is 22.5 Å². The number of anilines is 1. The van der Waals surface area contributed by atoms with Gasteiger partial charge in [-0.05, 0) is 65.9 Å². The molecular formula is C23H23FN2O3S. The number of nitrogens with zero attached hydrogens (tertiary/aromatic N) is 2. The largest absolute Gasteiger partial charge is 0.393 e. The number of aliphatic hydroxyl groups excluding tert-OH is 1. The molecule has 0 amide bonds. The number of halogens is 1. The molecule has 156 valence electrons. The summed E-state index contributed by atoms with van der Waals surface area (Å²) in [6, 6.07) is 16.9. The van der Waals surface area contributed by atoms with Gasteiger partial charge in [0.2, 0.25) is 0 Å². The van der Waals surface area contributed by atoms with Crippen LogP contribution in [-0.4, -0.2) is 37.4 Å². The molecule has 0 spiro atoms. The third kappa shape index (κ3) is 4.37. The molecule has 1 aliphatic heterocycles. The maximum Gasteiger partial charge on any atom is 0.175 e. The maximum absolute atomic E-state index is 13.4. The van der Waals surface area contributed by atoms with E-state index in [1.54, 1.807) is 42.6 Å². The van der Waals surface area contributed by atoms with Crippen LogP contribution in [0.15, 0.2) is 71.8 Å². The van der Waals surface area contributed by atoms with Crippen molar-refractivity contribution in [1.82, 2.24) is 4.98 Å². The Morgan fingerprint density at radius 2 is 1.73 bits per heavy atom. The SMILES string of the molecule is CS(=O)(=O)c1ccc(-c2ccnc(N3CCC(O)CC3c3ccc(F)cc3)c2)cc1. The number of sulfone groups is 1. The molecule has 0 saturated carbocycles. The number of hydrogen-bond acceptors (Lipinski definition) is 5. The standard InChI is InChI=1S/C23H23FN2O3S/c1-30(28,29)21-8-4-16(5-9-21)18-10-12-25-23(14-18)26-13-11-20(27)15-22(26)17-2-6-19(24)7-3-17/h2-10,12,14,20,22,27H,11,13,15H2,1H3. The molecule has 30 heavy (non-hydrogen) atoms. The van der Waals surface area contributed by atoms with E-state index < -0.39 is 15.9 Å². The Bertz CT molecular complexity index is 1130. The van der Waals surface area contributed by atoms with Crippen LogP contribution in [-0.2, 0) is 9.84 Å². The molecule has 1 fully saturated rings. The fourth-order valence-corrected chi connectivity index (χ4v) is 4.50. The quantitative estimate of drug-likeness (QED) is 0.683. The van der Waals surface area contributed by atoms with E-state index in [1.165, 1.54) is 18.4 Å². The monoisotopic (exact) mass is 426 g/mol. The molecule has 0 radical (unpaired) electrons. The summed E-state index contributed by atoms with van der Waals surface area (Å²) in [4.78, 5) is 6.95. The summed E-state index contributed by atoms with van der Waals surface area (Å²) in [5.41, 5.74) is 2.74. The average Bonchev–Trinajstić information content (AvgIpc) is 2.74. The zero-order chi connectivity index (χ0) is 21.3. The van der Waals surface area contributed by atoms with Gasteiger partial charge < -0.3 is 10.0 Å². The molecule has 1 saturated heterocycles. The molecule has 2 unspecified atom stereocenters. The third-order valence-corrected chi connectivity index (χ3v) is 6.61. The number of benzene rings is 2. The van der Waals surface area contributed by atoms with Crippen molar-refractivity contribution >= 4 is 15.7 Å². The Hall–Kier alpha value is -2.77. The van der Waals surface area contributed by atoms with Crippen LogP contribution in [0.5, 0.6) is 0 Å². The molecule has 5 nitrogen and oxygen atoms in total. The van der Waals surface area contributed by atoms with Gasteiger partial charge in [0.15, 0.2) is 9.84 Å². The van der Waals surface area contributed by atoms with Crippen LogP contribution in [0.25, 0.3) is 11.1 Å². The first kappa shape index (κ1) is 20.5. The predicted octanol–water partition coefficient (Wildman–Crippen LogP) is 3.99. The van der Waals surface area contributed by atoms with Crippen LogP contribution in [0.3, 0.4) is 0 Å². The molecule has 0 bridgehead atoms. The van der Waals surface area contributed by atoms with E-state index in [0.29, 0.717) is 19.4 Å². The molecule has 1 aliphatic rings. The van der Waals surface area contributed by atoms with Gasteiger partial charge in [-0.3, -0.25) is 0 Å². The van der Waals surface area contributed by atoms with Crippen molar-refractivity contribution in [2.45, 2.75) is 29.9 Å². The van der Waals surface area contributed by atoms with Crippen molar-refractivity contribution < 1.29 is 17.9 Å². The highest BCUT2D eigenvalue weighted by Crippen LogP contribution is 2.35. The molecule has 4 rings (SSSR count). The normalized spacial score (nSPS) is 19.6. The van der Waals surface area contributed by atoms with Crippen molar-refractivity contribution in [2.24, 2.45) is 0 Å². The Kier molecular flexibility index (Phi) is 5.58. The topological polar surface area (TPSA) is 70.5 Å². The zero-order valence-corrected chi connectivity index (χ0v) is 17.4. The smallest absolute Gasteiger partial charge is 0.175 e. The molecular weight excluding hydrogens is 403 g/mol. The number of rotatable bonds is 4. The minimum atomic E-state index is -3.24. The summed E-state index contributed by atoms with van der Waals surface area (Å²) in [5.74, 6) is 0.472. The molecule has 0 aliphatic carbocycles. The summed E-state index contributed by atoms with van der Waals surface area (Å²) < 4.78 is 36.8. The van der Waals surface area contributed by atoms with Gasteiger partial charge in [0.1, 0.15) is 11.6 Å². The minimum absolute atomic E-state index is 0.107. The second-order valence-corrected chi connectivity index (χ2v) is 9.65. The highest BCUT2D eigenvalue weighted by Gasteiger charge is 2.29. The van der Waals surface area contributed by atoms with E-state index in [9.17, 15) is 17.9 Å². The first-order valence-corrected chi connectivity index (χ1v) is 11.7. The van der Waals surface area contributed by atoms with Crippen molar-refractivity contribution in [3.8, 4) is 11.1 Å². The lowest BCUT2D eigenvalue weighted by Crippen LogP contribution is -2.39. The molecule has 2 atom stereocenters. The number of aliphatic hydroxyl groups is 1. The Morgan fingerprint density at radius 3 is 2.40 bits per heavy atom. The number of hydrogen-bond donors (Lipinski definition) is 1. The van der Waals surface area contributed by atoms with Gasteiger partial charge in [0.25, 0.3) is 0 Å². The molecule has 1 aromatic heterocycles. The zero-order valence-electron chi connectivity index (χ0n) is 16.6. The lowest BCUT2D eigenvalue weighted by atomic mass is 9.93. The van der Waals surface area contributed by atoms with E-state index in [4.69, 9.17) is 0 Å². The number of aromatic nitrogens is 1. The molecule has 1 N–H and O–H groups in total. The van der Waals surface area contributed by atoms with Crippen LogP contribution in [0, 0.1) is 5.82 Å². The molecule has 3 aromatic rings. The van der Waals surface area contributed by atoms with Crippen LogP contribution in [0.2, 0.25) is 0 Å². The average molecular weight is 427 g/mol. The summed E-state index contributed by atoms with van der Waals surface area (Å²) in [6.45, 7) is 0.632. The second-order valence-electron chi connectivity index (χ2n) is 7.64. The van der Waals surface area contributed by atoms with E-state index >= 15 is 0 Å². The van der Waals surface area contributed by atoms with Crippen LogP contribution >= 0.6 is 0 Å². The van der Waals surface area contributed by atoms with Crippen LogP contribution in [0.1, 0.15) is 24.4 Å². The van der Waals surface area contributed by atoms with E-state index in [2.05, 4.69) is 9.88 Å². The fraction of sp³-hybridized carbons (Fsp3) is 0.261. The fourth-order valence-electron chi connectivity index (χ4n) is 3.87. The Morgan fingerprint density at radius 1 is 1.03 bits per heavy atom. The molecule has 2 heterocycles. The first-order valence-electron chi connectivity index (χ1n) is 9.78. The lowest BCUT2D eigenvalue weighted by molar-refractivity contribution is 0.128. The predicted molar refractivity (Wildman–Crippen MR) is 115 cm³/mol. The van der Waals surface area contributed by atoms with Crippen molar-refractivity contribution in [3.63, 3.8) is 0 Å². The van der Waals surface area contributed by atoms with Gasteiger partial charge in [0.05, 0.1) is 17.0 Å². The number of piperidine rings is 1. The summed E-state index contributed by atoms with van der Waals surface area (Å²) in [6.07, 6.45) is 3.67. The van der Waals surface area contributed by atoms with Gasteiger partial charge in [-0.15, -0.1) is 0 Å². The highest BCUT2D eigenvalue weighted by molar-refractivity contribution is 7.90. The van der Waals surface area contributed by atoms with Gasteiger partial charge in [-0.2, -0.15) is 0 Å². The summed E-state index contributed by atoms with van der Waals surface area (Å²) in [7, 11) is -3.24.